The Balaban J connectivity index is 1.93. The molecule has 0 heterocycles. The van der Waals surface area contributed by atoms with Gasteiger partial charge in [0.05, 0.1) is 0 Å². The monoisotopic (exact) mass is 361 g/mol. The Bertz CT molecular complexity index is 447. The van der Waals surface area contributed by atoms with Gasteiger partial charge in [-0.05, 0) is 18.6 Å². The van der Waals surface area contributed by atoms with Crippen molar-refractivity contribution < 1.29 is 9.90 Å². The van der Waals surface area contributed by atoms with Crippen molar-refractivity contribution >= 4 is 11.8 Å². The number of amides is 1. The highest BCUT2D eigenvalue weighted by molar-refractivity contribution is 5.85. The van der Waals surface area contributed by atoms with Crippen LogP contribution in [0.4, 0.5) is 10.5 Å². The van der Waals surface area contributed by atoms with Crippen LogP contribution in [0.15, 0.2) is 30.3 Å². The molecule has 26 heavy (non-hydrogen) atoms. The summed E-state index contributed by atoms with van der Waals surface area (Å²) in [5.74, 6) is 0. The zero-order chi connectivity index (χ0) is 18.9. The van der Waals surface area contributed by atoms with E-state index in [0.717, 1.165) is 18.5 Å². The van der Waals surface area contributed by atoms with Crippen molar-refractivity contribution in [1.82, 2.24) is 0 Å². The fourth-order valence-electron chi connectivity index (χ4n) is 3.41. The predicted octanol–water partition coefficient (Wildman–Crippen LogP) is 7.65. The van der Waals surface area contributed by atoms with Crippen molar-refractivity contribution in [1.29, 1.82) is 0 Å². The van der Waals surface area contributed by atoms with Crippen molar-refractivity contribution in [3.05, 3.63) is 30.3 Å². The number of unbranched alkanes of at least 4 members (excludes halogenated alkanes) is 13. The average Bonchev–Trinajstić information content (AvgIpc) is 2.65. The number of para-hydroxylation sites is 1. The van der Waals surface area contributed by atoms with Crippen LogP contribution in [0.3, 0.4) is 0 Å². The van der Waals surface area contributed by atoms with Crippen LogP contribution in [0.25, 0.3) is 0 Å². The van der Waals surface area contributed by atoms with E-state index in [2.05, 4.69) is 6.92 Å². The Morgan fingerprint density at radius 2 is 1.15 bits per heavy atom. The molecule has 0 atom stereocenters. The number of carboxylic acid groups (broad SMARTS) is 1. The molecule has 0 aromatic heterocycles. The van der Waals surface area contributed by atoms with Gasteiger partial charge >= 0.3 is 6.09 Å². The number of anilines is 1. The van der Waals surface area contributed by atoms with Crippen LogP contribution in [0.2, 0.25) is 0 Å². The summed E-state index contributed by atoms with van der Waals surface area (Å²) in [6, 6.07) is 9.40. The van der Waals surface area contributed by atoms with Crippen molar-refractivity contribution in [3.63, 3.8) is 0 Å². The van der Waals surface area contributed by atoms with Crippen molar-refractivity contribution in [2.24, 2.45) is 0 Å². The lowest BCUT2D eigenvalue weighted by Crippen LogP contribution is -2.30. The Kier molecular flexibility index (Phi) is 13.6. The normalized spacial score (nSPS) is 10.8. The van der Waals surface area contributed by atoms with Gasteiger partial charge in [-0.15, -0.1) is 0 Å². The van der Waals surface area contributed by atoms with Gasteiger partial charge in [0, 0.05) is 12.2 Å². The Morgan fingerprint density at radius 3 is 1.58 bits per heavy atom. The summed E-state index contributed by atoms with van der Waals surface area (Å²) in [5, 5.41) is 9.36. The SMILES string of the molecule is CCCCCCCCCCCCCCCCN(C(=O)O)c1ccccc1. The molecule has 0 fully saturated rings. The number of hydrogen-bond donors (Lipinski definition) is 1. The van der Waals surface area contributed by atoms with Crippen molar-refractivity contribution in [2.75, 3.05) is 11.4 Å². The second-order valence-electron chi connectivity index (χ2n) is 7.37. The first-order valence-corrected chi connectivity index (χ1v) is 10.8. The molecule has 148 valence electrons. The van der Waals surface area contributed by atoms with E-state index in [1.807, 2.05) is 30.3 Å². The number of carbonyl (C=O) groups is 1. The number of nitrogens with zero attached hydrogens (tertiary/aromatic N) is 1. The molecule has 3 heteroatoms. The van der Waals surface area contributed by atoms with E-state index in [1.54, 1.807) is 0 Å². The second kappa shape index (κ2) is 15.7. The van der Waals surface area contributed by atoms with E-state index in [9.17, 15) is 9.90 Å². The molecular formula is C23H39NO2. The minimum atomic E-state index is -0.856. The third kappa shape index (κ3) is 11.2. The van der Waals surface area contributed by atoms with Crippen LogP contribution in [0.1, 0.15) is 96.8 Å². The smallest absolute Gasteiger partial charge is 0.411 e. The maximum atomic E-state index is 11.4. The van der Waals surface area contributed by atoms with Crippen LogP contribution in [-0.4, -0.2) is 17.7 Å². The molecular weight excluding hydrogens is 322 g/mol. The van der Waals surface area contributed by atoms with Gasteiger partial charge in [0.1, 0.15) is 0 Å². The minimum absolute atomic E-state index is 0.595. The molecule has 3 nitrogen and oxygen atoms in total. The van der Waals surface area contributed by atoms with Crippen LogP contribution in [0.5, 0.6) is 0 Å². The molecule has 0 saturated carbocycles. The fraction of sp³-hybridized carbons (Fsp3) is 0.696. The lowest BCUT2D eigenvalue weighted by Gasteiger charge is -2.19. The highest BCUT2D eigenvalue weighted by atomic mass is 16.4. The topological polar surface area (TPSA) is 40.5 Å². The summed E-state index contributed by atoms with van der Waals surface area (Å²) in [5.41, 5.74) is 0.773. The van der Waals surface area contributed by atoms with Gasteiger partial charge in [-0.2, -0.15) is 0 Å². The lowest BCUT2D eigenvalue weighted by atomic mass is 10.0. The molecule has 1 aromatic rings. The molecule has 0 spiro atoms. The molecule has 1 aromatic carbocycles. The molecule has 0 aliphatic heterocycles. The summed E-state index contributed by atoms with van der Waals surface area (Å²) in [6.07, 6.45) is 17.6. The third-order valence-corrected chi connectivity index (χ3v) is 5.03. The minimum Gasteiger partial charge on any atom is -0.465 e. The molecule has 0 saturated heterocycles. The predicted molar refractivity (Wildman–Crippen MR) is 112 cm³/mol. The van der Waals surface area contributed by atoms with E-state index in [-0.39, 0.29) is 0 Å². The van der Waals surface area contributed by atoms with Gasteiger partial charge in [-0.1, -0.05) is 109 Å². The summed E-state index contributed by atoms with van der Waals surface area (Å²) in [4.78, 5) is 12.8. The molecule has 0 radical (unpaired) electrons. The van der Waals surface area contributed by atoms with Crippen molar-refractivity contribution in [3.8, 4) is 0 Å². The zero-order valence-corrected chi connectivity index (χ0v) is 16.8. The molecule has 0 aliphatic rings. The summed E-state index contributed by atoms with van der Waals surface area (Å²) >= 11 is 0. The molecule has 1 rings (SSSR count). The Hall–Kier alpha value is -1.51. The Morgan fingerprint density at radius 1 is 0.731 bits per heavy atom. The first-order chi connectivity index (χ1) is 12.8. The molecule has 0 unspecified atom stereocenters. The highest BCUT2D eigenvalue weighted by Crippen LogP contribution is 2.16. The largest absolute Gasteiger partial charge is 0.465 e. The first-order valence-electron chi connectivity index (χ1n) is 10.8. The molecule has 0 bridgehead atoms. The maximum Gasteiger partial charge on any atom is 0.411 e. The second-order valence-corrected chi connectivity index (χ2v) is 7.37. The zero-order valence-electron chi connectivity index (χ0n) is 16.8. The molecule has 0 aliphatic carbocycles. The van der Waals surface area contributed by atoms with Gasteiger partial charge in [-0.3, -0.25) is 4.90 Å². The maximum absolute atomic E-state index is 11.4. The van der Waals surface area contributed by atoms with Crippen LogP contribution < -0.4 is 4.90 Å². The average molecular weight is 362 g/mol. The lowest BCUT2D eigenvalue weighted by molar-refractivity contribution is 0.201. The summed E-state index contributed by atoms with van der Waals surface area (Å²) in [7, 11) is 0. The molecule has 1 N–H and O–H groups in total. The summed E-state index contributed by atoms with van der Waals surface area (Å²) < 4.78 is 0. The van der Waals surface area contributed by atoms with Gasteiger partial charge in [0.25, 0.3) is 0 Å². The van der Waals surface area contributed by atoms with Gasteiger partial charge < -0.3 is 5.11 Å². The fourth-order valence-corrected chi connectivity index (χ4v) is 3.41. The quantitative estimate of drug-likeness (QED) is 0.307. The van der Waals surface area contributed by atoms with Crippen LogP contribution >= 0.6 is 0 Å². The highest BCUT2D eigenvalue weighted by Gasteiger charge is 2.12. The van der Waals surface area contributed by atoms with Crippen LogP contribution in [0, 0.1) is 0 Å². The Labute approximate surface area is 160 Å². The van der Waals surface area contributed by atoms with Crippen molar-refractivity contribution in [2.45, 2.75) is 96.8 Å². The van der Waals surface area contributed by atoms with E-state index >= 15 is 0 Å². The first kappa shape index (κ1) is 22.5. The number of hydrogen-bond acceptors (Lipinski definition) is 1. The number of rotatable bonds is 16. The third-order valence-electron chi connectivity index (χ3n) is 5.03. The van der Waals surface area contributed by atoms with E-state index in [0.29, 0.717) is 6.54 Å². The number of benzene rings is 1. The van der Waals surface area contributed by atoms with Gasteiger partial charge in [0.15, 0.2) is 0 Å². The van der Waals surface area contributed by atoms with Gasteiger partial charge in [-0.25, -0.2) is 4.79 Å². The van der Waals surface area contributed by atoms with E-state index < -0.39 is 6.09 Å². The van der Waals surface area contributed by atoms with E-state index in [4.69, 9.17) is 0 Å². The van der Waals surface area contributed by atoms with Crippen LogP contribution in [-0.2, 0) is 0 Å². The standard InChI is InChI=1S/C23H39NO2/c1-2-3-4-5-6-7-8-9-10-11-12-13-14-18-21-24(23(25)26)22-19-16-15-17-20-22/h15-17,19-20H,2-14,18,21H2,1H3,(H,25,26). The van der Waals surface area contributed by atoms with E-state index in [1.165, 1.54) is 81.9 Å². The van der Waals surface area contributed by atoms with Gasteiger partial charge in [0.2, 0.25) is 0 Å². The summed E-state index contributed by atoms with van der Waals surface area (Å²) in [6.45, 7) is 2.86. The molecule has 1 amide bonds.